The molecule has 0 spiro atoms. The molecule has 2 saturated heterocycles. The molecule has 2 heterocycles. The predicted molar refractivity (Wildman–Crippen MR) is 121 cm³/mol. The highest BCUT2D eigenvalue weighted by atomic mass is 16.6. The Morgan fingerprint density at radius 3 is 2.06 bits per heavy atom. The summed E-state index contributed by atoms with van der Waals surface area (Å²) in [6, 6.07) is 31.0. The quantitative estimate of drug-likeness (QED) is 0.583. The van der Waals surface area contributed by atoms with Crippen LogP contribution in [0, 0.1) is 11.8 Å². The summed E-state index contributed by atoms with van der Waals surface area (Å²) in [4.78, 5) is 17.6. The summed E-state index contributed by atoms with van der Waals surface area (Å²) in [5, 5.41) is 0. The molecule has 2 fully saturated rings. The first kappa shape index (κ1) is 19.8. The minimum absolute atomic E-state index is 0.0650. The lowest BCUT2D eigenvalue weighted by atomic mass is 9.90. The van der Waals surface area contributed by atoms with Crippen molar-refractivity contribution >= 4 is 6.09 Å². The molecule has 3 atom stereocenters. The number of amides is 1. The minimum Gasteiger partial charge on any atom is -0.445 e. The molecule has 0 aliphatic carbocycles. The molecule has 5 rings (SSSR count). The van der Waals surface area contributed by atoms with Crippen LogP contribution in [0.25, 0.3) is 0 Å². The highest BCUT2D eigenvalue weighted by Gasteiger charge is 2.49. The second-order valence-electron chi connectivity index (χ2n) is 8.65. The molecule has 4 heteroatoms. The highest BCUT2D eigenvalue weighted by molar-refractivity contribution is 5.69. The minimum atomic E-state index is -0.207. The fourth-order valence-electron chi connectivity index (χ4n) is 5.18. The molecule has 0 aromatic heterocycles. The molecule has 2 aliphatic rings. The number of hydrogen-bond donors (Lipinski definition) is 0. The number of carbonyl (C=O) groups excluding carboxylic acids is 1. The Hall–Kier alpha value is -3.11. The standard InChI is InChI=1S/C27H28N2O2/c30-27(31-20-22-12-6-2-7-13-22)29-18-24-17-28(16-21-10-4-1-5-11-21)19-25(24)26(29)23-14-8-3-9-15-23/h1-15,24-26H,16-20H2. The van der Waals surface area contributed by atoms with Crippen molar-refractivity contribution in [2.75, 3.05) is 19.6 Å². The van der Waals surface area contributed by atoms with Gasteiger partial charge in [-0.05, 0) is 22.6 Å². The third-order valence-corrected chi connectivity index (χ3v) is 6.57. The zero-order chi connectivity index (χ0) is 21.0. The van der Waals surface area contributed by atoms with Gasteiger partial charge in [-0.1, -0.05) is 91.0 Å². The van der Waals surface area contributed by atoms with Gasteiger partial charge in [-0.2, -0.15) is 0 Å². The maximum atomic E-state index is 13.1. The molecule has 2 aliphatic heterocycles. The molecule has 158 valence electrons. The third-order valence-electron chi connectivity index (χ3n) is 6.57. The van der Waals surface area contributed by atoms with E-state index in [4.69, 9.17) is 4.74 Å². The van der Waals surface area contributed by atoms with E-state index in [9.17, 15) is 4.79 Å². The van der Waals surface area contributed by atoms with E-state index < -0.39 is 0 Å². The number of ether oxygens (including phenoxy) is 1. The van der Waals surface area contributed by atoms with E-state index >= 15 is 0 Å². The first-order valence-corrected chi connectivity index (χ1v) is 11.1. The van der Waals surface area contributed by atoms with Crippen molar-refractivity contribution in [2.45, 2.75) is 19.2 Å². The first-order valence-electron chi connectivity index (χ1n) is 11.1. The van der Waals surface area contributed by atoms with Gasteiger partial charge >= 0.3 is 6.09 Å². The number of nitrogens with zero attached hydrogens (tertiary/aromatic N) is 2. The molecule has 3 aromatic rings. The number of benzene rings is 3. The fourth-order valence-corrected chi connectivity index (χ4v) is 5.18. The number of likely N-dealkylation sites (tertiary alicyclic amines) is 2. The van der Waals surface area contributed by atoms with E-state index in [1.54, 1.807) is 0 Å². The zero-order valence-electron chi connectivity index (χ0n) is 17.6. The van der Waals surface area contributed by atoms with Gasteiger partial charge in [0.05, 0.1) is 6.04 Å². The van der Waals surface area contributed by atoms with Crippen molar-refractivity contribution in [1.29, 1.82) is 0 Å². The van der Waals surface area contributed by atoms with Crippen LogP contribution >= 0.6 is 0 Å². The highest BCUT2D eigenvalue weighted by Crippen LogP contribution is 2.45. The van der Waals surface area contributed by atoms with Crippen molar-refractivity contribution < 1.29 is 9.53 Å². The van der Waals surface area contributed by atoms with Gasteiger partial charge in [-0.15, -0.1) is 0 Å². The van der Waals surface area contributed by atoms with E-state index in [0.29, 0.717) is 18.4 Å². The molecule has 4 nitrogen and oxygen atoms in total. The average molecular weight is 413 g/mol. The first-order chi connectivity index (χ1) is 15.3. The van der Waals surface area contributed by atoms with Crippen molar-refractivity contribution in [1.82, 2.24) is 9.80 Å². The van der Waals surface area contributed by atoms with Gasteiger partial charge in [0.25, 0.3) is 0 Å². The Morgan fingerprint density at radius 2 is 1.39 bits per heavy atom. The molecule has 0 radical (unpaired) electrons. The lowest BCUT2D eigenvalue weighted by Crippen LogP contribution is -2.36. The average Bonchev–Trinajstić information content (AvgIpc) is 3.36. The summed E-state index contributed by atoms with van der Waals surface area (Å²) in [7, 11) is 0. The van der Waals surface area contributed by atoms with Crippen molar-refractivity contribution in [2.24, 2.45) is 11.8 Å². The third kappa shape index (κ3) is 4.35. The van der Waals surface area contributed by atoms with Crippen LogP contribution in [0.1, 0.15) is 22.7 Å². The Kier molecular flexibility index (Phi) is 5.72. The molecular weight excluding hydrogens is 384 g/mol. The van der Waals surface area contributed by atoms with Gasteiger partial charge in [0.15, 0.2) is 0 Å². The summed E-state index contributed by atoms with van der Waals surface area (Å²) < 4.78 is 5.72. The zero-order valence-corrected chi connectivity index (χ0v) is 17.6. The molecule has 3 unspecified atom stereocenters. The topological polar surface area (TPSA) is 32.8 Å². The number of hydrogen-bond acceptors (Lipinski definition) is 3. The molecular formula is C27H28N2O2. The normalized spacial score (nSPS) is 23.0. The summed E-state index contributed by atoms with van der Waals surface area (Å²) in [6.45, 7) is 4.05. The van der Waals surface area contributed by atoms with Crippen LogP contribution in [0.3, 0.4) is 0 Å². The summed E-state index contributed by atoms with van der Waals surface area (Å²) in [5.41, 5.74) is 3.56. The van der Waals surface area contributed by atoms with Crippen LogP contribution in [0.4, 0.5) is 4.79 Å². The molecule has 0 N–H and O–H groups in total. The number of fused-ring (bicyclic) bond motifs is 1. The lowest BCUT2D eigenvalue weighted by molar-refractivity contribution is 0.0844. The van der Waals surface area contributed by atoms with Gasteiger partial charge in [-0.3, -0.25) is 4.90 Å². The van der Waals surface area contributed by atoms with Crippen LogP contribution in [-0.4, -0.2) is 35.5 Å². The van der Waals surface area contributed by atoms with Crippen molar-refractivity contribution in [3.63, 3.8) is 0 Å². The largest absolute Gasteiger partial charge is 0.445 e. The van der Waals surface area contributed by atoms with Gasteiger partial charge < -0.3 is 9.64 Å². The Bertz CT molecular complexity index is 994. The van der Waals surface area contributed by atoms with Crippen LogP contribution in [-0.2, 0) is 17.9 Å². The molecule has 1 amide bonds. The molecule has 0 saturated carbocycles. The van der Waals surface area contributed by atoms with E-state index in [1.165, 1.54) is 11.1 Å². The van der Waals surface area contributed by atoms with Gasteiger partial charge in [0, 0.05) is 32.1 Å². The SMILES string of the molecule is O=C(OCc1ccccc1)N1CC2CN(Cc3ccccc3)CC2C1c1ccccc1. The maximum Gasteiger partial charge on any atom is 0.410 e. The Balaban J connectivity index is 1.31. The van der Waals surface area contributed by atoms with Gasteiger partial charge in [0.2, 0.25) is 0 Å². The van der Waals surface area contributed by atoms with Crippen LogP contribution in [0.15, 0.2) is 91.0 Å². The molecule has 3 aromatic carbocycles. The van der Waals surface area contributed by atoms with Crippen LogP contribution in [0.5, 0.6) is 0 Å². The van der Waals surface area contributed by atoms with Crippen LogP contribution < -0.4 is 0 Å². The second-order valence-corrected chi connectivity index (χ2v) is 8.65. The van der Waals surface area contributed by atoms with Gasteiger partial charge in [0.1, 0.15) is 6.61 Å². The second kappa shape index (κ2) is 8.94. The lowest BCUT2D eigenvalue weighted by Gasteiger charge is -2.29. The summed E-state index contributed by atoms with van der Waals surface area (Å²) in [6.07, 6.45) is -0.207. The van der Waals surface area contributed by atoms with Crippen LogP contribution in [0.2, 0.25) is 0 Å². The summed E-state index contributed by atoms with van der Waals surface area (Å²) >= 11 is 0. The monoisotopic (exact) mass is 412 g/mol. The summed E-state index contributed by atoms with van der Waals surface area (Å²) in [5.74, 6) is 0.897. The van der Waals surface area contributed by atoms with E-state index in [-0.39, 0.29) is 12.1 Å². The van der Waals surface area contributed by atoms with E-state index in [2.05, 4.69) is 59.5 Å². The predicted octanol–water partition coefficient (Wildman–Crippen LogP) is 5.13. The Labute approximate surface area is 184 Å². The Morgan fingerprint density at radius 1 is 0.774 bits per heavy atom. The molecule has 0 bridgehead atoms. The number of carbonyl (C=O) groups is 1. The van der Waals surface area contributed by atoms with Gasteiger partial charge in [-0.25, -0.2) is 4.79 Å². The van der Waals surface area contributed by atoms with E-state index in [1.807, 2.05) is 41.3 Å². The van der Waals surface area contributed by atoms with Crippen molar-refractivity contribution in [3.8, 4) is 0 Å². The fraction of sp³-hybridized carbons (Fsp3) is 0.296. The van der Waals surface area contributed by atoms with E-state index in [0.717, 1.165) is 31.7 Å². The van der Waals surface area contributed by atoms with Crippen molar-refractivity contribution in [3.05, 3.63) is 108 Å². The molecule has 31 heavy (non-hydrogen) atoms. The maximum absolute atomic E-state index is 13.1. The number of rotatable bonds is 5. The smallest absolute Gasteiger partial charge is 0.410 e.